The van der Waals surface area contributed by atoms with E-state index in [0.29, 0.717) is 30.9 Å². The number of likely N-dealkylation sites (tertiary alicyclic amines) is 1. The van der Waals surface area contributed by atoms with E-state index in [9.17, 15) is 14.0 Å². The summed E-state index contributed by atoms with van der Waals surface area (Å²) in [6.45, 7) is 1.74. The van der Waals surface area contributed by atoms with Gasteiger partial charge >= 0.3 is 0 Å². The van der Waals surface area contributed by atoms with Gasteiger partial charge < -0.3 is 19.7 Å². The minimum absolute atomic E-state index is 0.00181. The summed E-state index contributed by atoms with van der Waals surface area (Å²) in [6, 6.07) is 13.0. The van der Waals surface area contributed by atoms with Crippen LogP contribution in [0.1, 0.15) is 28.8 Å². The van der Waals surface area contributed by atoms with Crippen molar-refractivity contribution in [1.82, 2.24) is 10.2 Å². The third kappa shape index (κ3) is 6.02. The molecular weight excluding hydrogens is 375 g/mol. The summed E-state index contributed by atoms with van der Waals surface area (Å²) in [4.78, 5) is 25.9. The van der Waals surface area contributed by atoms with Crippen LogP contribution in [-0.4, -0.2) is 49.6 Å². The molecule has 0 bridgehead atoms. The van der Waals surface area contributed by atoms with Crippen LogP contribution in [-0.2, 0) is 16.1 Å². The number of hydrogen-bond acceptors (Lipinski definition) is 4. The first kappa shape index (κ1) is 20.8. The van der Waals surface area contributed by atoms with Gasteiger partial charge in [-0.25, -0.2) is 4.39 Å². The molecule has 1 N–H and O–H groups in total. The number of piperidine rings is 1. The number of hydrogen-bond donors (Lipinski definition) is 1. The molecule has 7 heteroatoms. The van der Waals surface area contributed by atoms with Gasteiger partial charge in [-0.15, -0.1) is 0 Å². The van der Waals surface area contributed by atoms with Crippen molar-refractivity contribution in [2.75, 3.05) is 26.8 Å². The molecule has 0 saturated carbocycles. The lowest BCUT2D eigenvalue weighted by Gasteiger charge is -2.32. The number of carbonyl (C=O) groups excluding carboxylic acids is 2. The van der Waals surface area contributed by atoms with Crippen molar-refractivity contribution in [3.63, 3.8) is 0 Å². The molecule has 1 aliphatic heterocycles. The molecule has 1 saturated heterocycles. The van der Waals surface area contributed by atoms with Gasteiger partial charge in [0.15, 0.2) is 0 Å². The number of halogens is 1. The van der Waals surface area contributed by atoms with Gasteiger partial charge in [0, 0.05) is 45.1 Å². The molecular formula is C22H25FN2O4. The summed E-state index contributed by atoms with van der Waals surface area (Å²) in [5, 5.41) is 2.81. The lowest BCUT2D eigenvalue weighted by molar-refractivity contribution is -0.136. The van der Waals surface area contributed by atoms with Crippen molar-refractivity contribution in [3.05, 3.63) is 65.5 Å². The van der Waals surface area contributed by atoms with Gasteiger partial charge in [-0.1, -0.05) is 12.1 Å². The van der Waals surface area contributed by atoms with Crippen molar-refractivity contribution < 1.29 is 23.5 Å². The Bertz CT molecular complexity index is 816. The molecule has 2 aromatic carbocycles. The van der Waals surface area contributed by atoms with Gasteiger partial charge in [-0.05, 0) is 42.0 Å². The van der Waals surface area contributed by atoms with Crippen molar-refractivity contribution in [2.45, 2.75) is 25.5 Å². The largest absolute Gasteiger partial charge is 0.490 e. The van der Waals surface area contributed by atoms with Crippen LogP contribution in [0.15, 0.2) is 48.5 Å². The number of nitrogens with zero attached hydrogens (tertiary/aromatic N) is 1. The number of rotatable bonds is 7. The van der Waals surface area contributed by atoms with Crippen LogP contribution < -0.4 is 10.1 Å². The molecule has 29 heavy (non-hydrogen) atoms. The van der Waals surface area contributed by atoms with Crippen LogP contribution in [0.25, 0.3) is 0 Å². The average Bonchev–Trinajstić information content (AvgIpc) is 2.74. The maximum Gasteiger partial charge on any atom is 0.251 e. The molecule has 0 aliphatic carbocycles. The molecule has 0 unspecified atom stereocenters. The molecule has 1 fully saturated rings. The van der Waals surface area contributed by atoms with E-state index in [2.05, 4.69) is 5.32 Å². The van der Waals surface area contributed by atoms with Gasteiger partial charge in [-0.3, -0.25) is 9.59 Å². The molecule has 1 aliphatic rings. The van der Waals surface area contributed by atoms with Crippen molar-refractivity contribution in [3.8, 4) is 5.75 Å². The first-order valence-electron chi connectivity index (χ1n) is 9.61. The zero-order valence-electron chi connectivity index (χ0n) is 16.4. The van der Waals surface area contributed by atoms with Crippen LogP contribution in [0.3, 0.4) is 0 Å². The Balaban J connectivity index is 1.45. The Morgan fingerprint density at radius 1 is 1.07 bits per heavy atom. The third-order valence-electron chi connectivity index (χ3n) is 4.85. The predicted molar refractivity (Wildman–Crippen MR) is 106 cm³/mol. The van der Waals surface area contributed by atoms with Crippen LogP contribution in [0, 0.1) is 5.82 Å². The number of methoxy groups -OCH3 is 1. The summed E-state index contributed by atoms with van der Waals surface area (Å²) >= 11 is 0. The number of carbonyl (C=O) groups is 2. The number of ether oxygens (including phenoxy) is 2. The van der Waals surface area contributed by atoms with Crippen molar-refractivity contribution >= 4 is 11.8 Å². The Labute approximate surface area is 169 Å². The van der Waals surface area contributed by atoms with Crippen LogP contribution in [0.4, 0.5) is 4.39 Å². The highest BCUT2D eigenvalue weighted by atomic mass is 19.1. The smallest absolute Gasteiger partial charge is 0.251 e. The van der Waals surface area contributed by atoms with E-state index in [-0.39, 0.29) is 30.3 Å². The molecule has 1 heterocycles. The molecule has 2 aromatic rings. The molecule has 0 radical (unpaired) electrons. The third-order valence-corrected chi connectivity index (χ3v) is 4.85. The molecule has 2 amide bonds. The zero-order valence-corrected chi connectivity index (χ0v) is 16.4. The summed E-state index contributed by atoms with van der Waals surface area (Å²) in [5.41, 5.74) is 1.36. The molecule has 154 valence electrons. The summed E-state index contributed by atoms with van der Waals surface area (Å²) in [7, 11) is 1.51. The lowest BCUT2D eigenvalue weighted by Crippen LogP contribution is -2.43. The van der Waals surface area contributed by atoms with E-state index in [1.165, 1.54) is 19.2 Å². The van der Waals surface area contributed by atoms with Crippen molar-refractivity contribution in [2.24, 2.45) is 0 Å². The first-order chi connectivity index (χ1) is 14.0. The second-order valence-electron chi connectivity index (χ2n) is 6.96. The quantitative estimate of drug-likeness (QED) is 0.776. The molecule has 0 spiro atoms. The van der Waals surface area contributed by atoms with Crippen LogP contribution >= 0.6 is 0 Å². The fraction of sp³-hybridized carbons (Fsp3) is 0.364. The van der Waals surface area contributed by atoms with E-state index in [1.54, 1.807) is 41.3 Å². The maximum absolute atomic E-state index is 12.9. The van der Waals surface area contributed by atoms with E-state index in [4.69, 9.17) is 9.47 Å². The number of nitrogens with one attached hydrogen (secondary N) is 1. The standard InChI is InChI=1S/C22H25FN2O4/c1-28-15-21(26)25-12-10-20(11-13-25)29-19-8-4-17(5-9-19)22(27)24-14-16-2-6-18(23)7-3-16/h2-9,20H,10-15H2,1H3,(H,24,27). The zero-order chi connectivity index (χ0) is 20.6. The highest BCUT2D eigenvalue weighted by Gasteiger charge is 2.23. The molecule has 0 aromatic heterocycles. The van der Waals surface area contributed by atoms with E-state index in [0.717, 1.165) is 18.4 Å². The first-order valence-corrected chi connectivity index (χ1v) is 9.61. The maximum atomic E-state index is 12.9. The van der Waals surface area contributed by atoms with Gasteiger partial charge in [0.25, 0.3) is 5.91 Å². The van der Waals surface area contributed by atoms with Gasteiger partial charge in [0.2, 0.25) is 5.91 Å². The average molecular weight is 400 g/mol. The summed E-state index contributed by atoms with van der Waals surface area (Å²) in [5.74, 6) is 0.192. The monoisotopic (exact) mass is 400 g/mol. The van der Waals surface area contributed by atoms with Crippen molar-refractivity contribution in [1.29, 1.82) is 0 Å². The van der Waals surface area contributed by atoms with E-state index in [1.807, 2.05) is 0 Å². The molecule has 3 rings (SSSR count). The second kappa shape index (κ2) is 10.0. The number of amides is 2. The fourth-order valence-electron chi connectivity index (χ4n) is 3.20. The fourth-order valence-corrected chi connectivity index (χ4v) is 3.20. The Hall–Kier alpha value is -2.93. The molecule has 6 nitrogen and oxygen atoms in total. The highest BCUT2D eigenvalue weighted by Crippen LogP contribution is 2.20. The van der Waals surface area contributed by atoms with E-state index >= 15 is 0 Å². The number of benzene rings is 2. The SMILES string of the molecule is COCC(=O)N1CCC(Oc2ccc(C(=O)NCc3ccc(F)cc3)cc2)CC1. The second-order valence-corrected chi connectivity index (χ2v) is 6.96. The van der Waals surface area contributed by atoms with Gasteiger partial charge in [0.1, 0.15) is 24.3 Å². The predicted octanol–water partition coefficient (Wildman–Crippen LogP) is 2.77. The minimum Gasteiger partial charge on any atom is -0.490 e. The van der Waals surface area contributed by atoms with Gasteiger partial charge in [-0.2, -0.15) is 0 Å². The van der Waals surface area contributed by atoms with Gasteiger partial charge in [0.05, 0.1) is 0 Å². The Morgan fingerprint density at radius 3 is 2.34 bits per heavy atom. The Morgan fingerprint density at radius 2 is 1.72 bits per heavy atom. The Kier molecular flexibility index (Phi) is 7.19. The minimum atomic E-state index is -0.303. The summed E-state index contributed by atoms with van der Waals surface area (Å²) < 4.78 is 23.8. The topological polar surface area (TPSA) is 67.9 Å². The van der Waals surface area contributed by atoms with E-state index < -0.39 is 0 Å². The normalized spacial score (nSPS) is 14.5. The molecule has 0 atom stereocenters. The summed E-state index contributed by atoms with van der Waals surface area (Å²) in [6.07, 6.45) is 1.56. The van der Waals surface area contributed by atoms with Crippen LogP contribution in [0.2, 0.25) is 0 Å². The van der Waals surface area contributed by atoms with Crippen LogP contribution in [0.5, 0.6) is 5.75 Å². The highest BCUT2D eigenvalue weighted by molar-refractivity contribution is 5.94. The lowest BCUT2D eigenvalue weighted by atomic mass is 10.1.